The highest BCUT2D eigenvalue weighted by atomic mass is 35.5. The third kappa shape index (κ3) is 5.09. The van der Waals surface area contributed by atoms with Crippen LogP contribution >= 0.6 is 11.6 Å². The molecule has 3 rings (SSSR count). The van der Waals surface area contributed by atoms with Gasteiger partial charge in [0.15, 0.2) is 0 Å². The first kappa shape index (κ1) is 22.5. The SMILES string of the molecule is CC(C)(C)OC(=O)N1CCCC(c2cc(Cl)cc(B3OC(C)(C)C(C)(C)O3)c2)C1. The maximum absolute atomic E-state index is 12.5. The van der Waals surface area contributed by atoms with Crippen molar-refractivity contribution in [2.75, 3.05) is 13.1 Å². The zero-order valence-corrected chi connectivity index (χ0v) is 19.4. The summed E-state index contributed by atoms with van der Waals surface area (Å²) >= 11 is 6.46. The van der Waals surface area contributed by atoms with Crippen molar-refractivity contribution >= 4 is 30.3 Å². The number of nitrogens with zero attached hydrogens (tertiary/aromatic N) is 1. The fraction of sp³-hybridized carbons (Fsp3) is 0.682. The van der Waals surface area contributed by atoms with Gasteiger partial charge in [0.25, 0.3) is 0 Å². The lowest BCUT2D eigenvalue weighted by molar-refractivity contribution is 0.00578. The van der Waals surface area contributed by atoms with Gasteiger partial charge in [0, 0.05) is 24.0 Å². The van der Waals surface area contributed by atoms with Gasteiger partial charge in [0.2, 0.25) is 0 Å². The van der Waals surface area contributed by atoms with Gasteiger partial charge in [-0.3, -0.25) is 0 Å². The first-order valence-corrected chi connectivity index (χ1v) is 10.8. The lowest BCUT2D eigenvalue weighted by Crippen LogP contribution is -2.42. The summed E-state index contributed by atoms with van der Waals surface area (Å²) in [5.41, 5.74) is 0.720. The Morgan fingerprint density at radius 2 is 1.79 bits per heavy atom. The van der Waals surface area contributed by atoms with Gasteiger partial charge >= 0.3 is 13.2 Å². The number of hydrogen-bond donors (Lipinski definition) is 0. The summed E-state index contributed by atoms with van der Waals surface area (Å²) in [5.74, 6) is 0.205. The minimum atomic E-state index is -0.496. The quantitative estimate of drug-likeness (QED) is 0.646. The smallest absolute Gasteiger partial charge is 0.444 e. The zero-order chi connectivity index (χ0) is 21.6. The monoisotopic (exact) mass is 421 g/mol. The topological polar surface area (TPSA) is 48.0 Å². The first-order valence-electron chi connectivity index (χ1n) is 10.4. The molecule has 2 aliphatic heterocycles. The van der Waals surface area contributed by atoms with Gasteiger partial charge in [-0.2, -0.15) is 0 Å². The number of halogens is 1. The van der Waals surface area contributed by atoms with Crippen molar-refractivity contribution in [1.82, 2.24) is 4.90 Å². The van der Waals surface area contributed by atoms with Gasteiger partial charge < -0.3 is 18.9 Å². The molecule has 0 radical (unpaired) electrons. The summed E-state index contributed by atoms with van der Waals surface area (Å²) in [4.78, 5) is 14.3. The third-order valence-corrected chi connectivity index (χ3v) is 6.23. The number of benzene rings is 1. The zero-order valence-electron chi connectivity index (χ0n) is 18.7. The first-order chi connectivity index (χ1) is 13.3. The van der Waals surface area contributed by atoms with Crippen LogP contribution in [0.25, 0.3) is 0 Å². The predicted molar refractivity (Wildman–Crippen MR) is 117 cm³/mol. The molecule has 0 aliphatic carbocycles. The van der Waals surface area contributed by atoms with Crippen LogP contribution in [0.1, 0.15) is 72.8 Å². The minimum absolute atomic E-state index is 0.205. The van der Waals surface area contributed by atoms with E-state index in [9.17, 15) is 4.79 Å². The van der Waals surface area contributed by atoms with E-state index >= 15 is 0 Å². The van der Waals surface area contributed by atoms with Crippen molar-refractivity contribution in [1.29, 1.82) is 0 Å². The summed E-state index contributed by atoms with van der Waals surface area (Å²) in [5, 5.41) is 0.654. The van der Waals surface area contributed by atoms with Crippen LogP contribution in [0.4, 0.5) is 4.79 Å². The number of piperidine rings is 1. The predicted octanol–water partition coefficient (Wildman–Crippen LogP) is 4.75. The van der Waals surface area contributed by atoms with E-state index in [0.29, 0.717) is 11.6 Å². The van der Waals surface area contributed by atoms with Crippen LogP contribution in [0, 0.1) is 0 Å². The summed E-state index contributed by atoms with van der Waals surface area (Å²) in [6, 6.07) is 6.00. The Hall–Kier alpha value is -1.24. The highest BCUT2D eigenvalue weighted by Crippen LogP contribution is 2.37. The summed E-state index contributed by atoms with van der Waals surface area (Å²) < 4.78 is 17.9. The molecular formula is C22H33BClNO4. The third-order valence-electron chi connectivity index (χ3n) is 6.01. The van der Waals surface area contributed by atoms with E-state index in [4.69, 9.17) is 25.6 Å². The van der Waals surface area contributed by atoms with Crippen LogP contribution in [-0.4, -0.2) is 48.0 Å². The van der Waals surface area contributed by atoms with Crippen molar-refractivity contribution in [2.24, 2.45) is 0 Å². The number of carbonyl (C=O) groups excluding carboxylic acids is 1. The summed E-state index contributed by atoms with van der Waals surface area (Å²) in [7, 11) is -0.456. The van der Waals surface area contributed by atoms with Gasteiger partial charge in [-0.05, 0) is 84.5 Å². The maximum Gasteiger partial charge on any atom is 0.494 e. The second-order valence-electron chi connectivity index (χ2n) is 10.2. The van der Waals surface area contributed by atoms with Gasteiger partial charge in [0.05, 0.1) is 11.2 Å². The highest BCUT2D eigenvalue weighted by Gasteiger charge is 2.51. The van der Waals surface area contributed by atoms with Crippen LogP contribution < -0.4 is 5.46 Å². The summed E-state index contributed by atoms with van der Waals surface area (Å²) in [6.07, 6.45) is 1.68. The molecule has 160 valence electrons. The van der Waals surface area contributed by atoms with Crippen molar-refractivity contribution in [3.8, 4) is 0 Å². The molecule has 1 aromatic rings. The van der Waals surface area contributed by atoms with Crippen LogP contribution in [0.5, 0.6) is 0 Å². The molecule has 5 nitrogen and oxygen atoms in total. The Kier molecular flexibility index (Phi) is 6.03. The molecule has 29 heavy (non-hydrogen) atoms. The number of carbonyl (C=O) groups is 1. The molecule has 2 heterocycles. The normalized spacial score (nSPS) is 23.9. The molecular weight excluding hydrogens is 389 g/mol. The van der Waals surface area contributed by atoms with Gasteiger partial charge in [-0.15, -0.1) is 0 Å². The van der Waals surface area contributed by atoms with E-state index in [1.807, 2.05) is 60.6 Å². The molecule has 2 fully saturated rings. The van der Waals surface area contributed by atoms with Crippen molar-refractivity contribution < 1.29 is 18.8 Å². The molecule has 0 aromatic heterocycles. The van der Waals surface area contributed by atoms with Gasteiger partial charge in [-0.25, -0.2) is 4.79 Å². The van der Waals surface area contributed by atoms with Crippen molar-refractivity contribution in [3.05, 3.63) is 28.8 Å². The Bertz CT molecular complexity index is 759. The molecule has 1 unspecified atom stereocenters. The maximum atomic E-state index is 12.5. The number of ether oxygens (including phenoxy) is 1. The average molecular weight is 422 g/mol. The number of rotatable bonds is 2. The average Bonchev–Trinajstić information content (AvgIpc) is 2.81. The fourth-order valence-electron chi connectivity index (χ4n) is 3.73. The number of amides is 1. The lowest BCUT2D eigenvalue weighted by atomic mass is 9.76. The molecule has 2 aliphatic rings. The Morgan fingerprint density at radius 3 is 2.38 bits per heavy atom. The fourth-order valence-corrected chi connectivity index (χ4v) is 3.98. The molecule has 0 bridgehead atoms. The molecule has 0 N–H and O–H groups in total. The molecule has 0 saturated carbocycles. The van der Waals surface area contributed by atoms with E-state index in [2.05, 4.69) is 6.07 Å². The Labute approximate surface area is 180 Å². The molecule has 2 saturated heterocycles. The largest absolute Gasteiger partial charge is 0.494 e. The van der Waals surface area contributed by atoms with Crippen LogP contribution in [-0.2, 0) is 14.0 Å². The Balaban J connectivity index is 1.79. The van der Waals surface area contributed by atoms with Crippen LogP contribution in [0.2, 0.25) is 5.02 Å². The molecule has 1 aromatic carbocycles. The second kappa shape index (κ2) is 7.79. The van der Waals surface area contributed by atoms with Crippen molar-refractivity contribution in [3.63, 3.8) is 0 Å². The molecule has 7 heteroatoms. The van der Waals surface area contributed by atoms with E-state index in [0.717, 1.165) is 30.4 Å². The summed E-state index contributed by atoms with van der Waals surface area (Å²) in [6.45, 7) is 15.2. The van der Waals surface area contributed by atoms with Crippen molar-refractivity contribution in [2.45, 2.75) is 84.0 Å². The van der Waals surface area contributed by atoms with E-state index in [-0.39, 0.29) is 12.0 Å². The van der Waals surface area contributed by atoms with Crippen LogP contribution in [0.3, 0.4) is 0 Å². The standard InChI is InChI=1S/C22H33BClNO4/c1-20(2,3)27-19(26)25-10-8-9-15(14-25)16-11-17(13-18(24)12-16)23-28-21(4,5)22(6,7)29-23/h11-13,15H,8-10,14H2,1-7H3. The molecule has 0 spiro atoms. The minimum Gasteiger partial charge on any atom is -0.444 e. The van der Waals surface area contributed by atoms with Gasteiger partial charge in [0.1, 0.15) is 5.60 Å². The lowest BCUT2D eigenvalue weighted by Gasteiger charge is -2.34. The number of likely N-dealkylation sites (tertiary alicyclic amines) is 1. The molecule has 1 atom stereocenters. The van der Waals surface area contributed by atoms with Gasteiger partial charge in [-0.1, -0.05) is 17.7 Å². The van der Waals surface area contributed by atoms with E-state index < -0.39 is 23.9 Å². The van der Waals surface area contributed by atoms with Crippen LogP contribution in [0.15, 0.2) is 18.2 Å². The molecule has 1 amide bonds. The second-order valence-corrected chi connectivity index (χ2v) is 10.6. The van der Waals surface area contributed by atoms with E-state index in [1.54, 1.807) is 4.90 Å². The van der Waals surface area contributed by atoms with E-state index in [1.165, 1.54) is 0 Å². The number of hydrogen-bond acceptors (Lipinski definition) is 4. The highest BCUT2D eigenvalue weighted by molar-refractivity contribution is 6.62. The Morgan fingerprint density at radius 1 is 1.17 bits per heavy atom.